The maximum atomic E-state index is 13.3. The van der Waals surface area contributed by atoms with Crippen molar-refractivity contribution in [3.05, 3.63) is 65.5 Å². The third-order valence-electron chi connectivity index (χ3n) is 4.69. The molecule has 1 aliphatic heterocycles. The van der Waals surface area contributed by atoms with Crippen molar-refractivity contribution in [3.63, 3.8) is 0 Å². The normalized spacial score (nSPS) is 14.4. The van der Waals surface area contributed by atoms with Crippen molar-refractivity contribution in [2.24, 2.45) is 0 Å². The molecule has 1 N–H and O–H groups in total. The lowest BCUT2D eigenvalue weighted by Gasteiger charge is -2.11. The highest BCUT2D eigenvalue weighted by Gasteiger charge is 2.30. The Morgan fingerprint density at radius 2 is 1.63 bits per heavy atom. The van der Waals surface area contributed by atoms with Gasteiger partial charge in [-0.3, -0.25) is 0 Å². The Bertz CT molecular complexity index is 941. The molecule has 3 aromatic rings. The highest BCUT2D eigenvalue weighted by Crippen LogP contribution is 2.35. The van der Waals surface area contributed by atoms with Gasteiger partial charge in [0, 0.05) is 17.7 Å². The second-order valence-corrected chi connectivity index (χ2v) is 6.52. The summed E-state index contributed by atoms with van der Waals surface area (Å²) in [5.41, 5.74) is 2.35. The Kier molecular flexibility index (Phi) is 4.37. The molecule has 0 unspecified atom stereocenters. The molecule has 27 heavy (non-hydrogen) atoms. The fraction of sp³-hybridized carbons (Fsp3) is 0.250. The molecule has 2 aromatic carbocycles. The quantitative estimate of drug-likeness (QED) is 0.604. The van der Waals surface area contributed by atoms with Crippen molar-refractivity contribution < 1.29 is 17.6 Å². The van der Waals surface area contributed by atoms with Crippen LogP contribution < -0.4 is 5.32 Å². The van der Waals surface area contributed by atoms with Crippen molar-refractivity contribution >= 4 is 5.82 Å². The first-order valence-electron chi connectivity index (χ1n) is 8.73. The minimum Gasteiger partial charge on any atom is -0.370 e. The van der Waals surface area contributed by atoms with E-state index in [1.54, 1.807) is 16.8 Å². The summed E-state index contributed by atoms with van der Waals surface area (Å²) in [6, 6.07) is 11.0. The fourth-order valence-electron chi connectivity index (χ4n) is 3.32. The first-order valence-corrected chi connectivity index (χ1v) is 8.73. The molecule has 0 aliphatic carbocycles. The van der Waals surface area contributed by atoms with Crippen LogP contribution in [0.25, 0.3) is 16.9 Å². The van der Waals surface area contributed by atoms with Gasteiger partial charge in [-0.25, -0.2) is 9.07 Å². The minimum absolute atomic E-state index is 0.329. The standard InChI is InChI=1S/C20H17F4N3/c21-15-8-4-13(5-9-15)18-17-3-1-2-12-25-19(17)27(26-18)16-10-6-14(7-11-16)20(22,23)24/h4-11,25H,1-3,12H2. The van der Waals surface area contributed by atoms with Crippen LogP contribution >= 0.6 is 0 Å². The molecule has 3 nitrogen and oxygen atoms in total. The van der Waals surface area contributed by atoms with Gasteiger partial charge >= 0.3 is 6.18 Å². The van der Waals surface area contributed by atoms with Gasteiger partial charge in [0.25, 0.3) is 0 Å². The molecule has 7 heteroatoms. The highest BCUT2D eigenvalue weighted by atomic mass is 19.4. The summed E-state index contributed by atoms with van der Waals surface area (Å²) in [6.07, 6.45) is -1.61. The zero-order valence-electron chi connectivity index (χ0n) is 14.4. The number of alkyl halides is 3. The maximum absolute atomic E-state index is 13.3. The molecule has 1 aliphatic rings. The molecule has 2 heterocycles. The fourth-order valence-corrected chi connectivity index (χ4v) is 3.32. The third-order valence-corrected chi connectivity index (χ3v) is 4.69. The SMILES string of the molecule is Fc1ccc(-c2nn(-c3ccc(C(F)(F)F)cc3)c3c2CCCCN3)cc1. The van der Waals surface area contributed by atoms with E-state index in [4.69, 9.17) is 0 Å². The first kappa shape index (κ1) is 17.6. The molecule has 140 valence electrons. The summed E-state index contributed by atoms with van der Waals surface area (Å²) >= 11 is 0. The number of anilines is 1. The molecular weight excluding hydrogens is 358 g/mol. The lowest BCUT2D eigenvalue weighted by atomic mass is 10.0. The number of nitrogens with one attached hydrogen (secondary N) is 1. The molecule has 0 atom stereocenters. The number of hydrogen-bond donors (Lipinski definition) is 1. The second kappa shape index (κ2) is 6.72. The van der Waals surface area contributed by atoms with E-state index in [9.17, 15) is 17.6 Å². The van der Waals surface area contributed by atoms with Crippen LogP contribution in [0.4, 0.5) is 23.4 Å². The van der Waals surface area contributed by atoms with Crippen LogP contribution in [0.15, 0.2) is 48.5 Å². The molecule has 0 amide bonds. The van der Waals surface area contributed by atoms with Crippen LogP contribution in [0.5, 0.6) is 0 Å². The number of aromatic nitrogens is 2. The summed E-state index contributed by atoms with van der Waals surface area (Å²) < 4.78 is 53.4. The predicted molar refractivity (Wildman–Crippen MR) is 95.4 cm³/mol. The molecule has 1 aromatic heterocycles. The Labute approximate surface area is 153 Å². The molecule has 0 saturated carbocycles. The van der Waals surface area contributed by atoms with Gasteiger partial charge in [0.1, 0.15) is 11.6 Å². The molecule has 4 rings (SSSR count). The maximum Gasteiger partial charge on any atom is 0.416 e. The number of benzene rings is 2. The van der Waals surface area contributed by atoms with Gasteiger partial charge in [-0.2, -0.15) is 18.3 Å². The van der Waals surface area contributed by atoms with Gasteiger partial charge in [-0.1, -0.05) is 0 Å². The smallest absolute Gasteiger partial charge is 0.370 e. The lowest BCUT2D eigenvalue weighted by molar-refractivity contribution is -0.137. The Morgan fingerprint density at radius 3 is 2.30 bits per heavy atom. The summed E-state index contributed by atoms with van der Waals surface area (Å²) in [5.74, 6) is 0.455. The van der Waals surface area contributed by atoms with Crippen molar-refractivity contribution in [2.75, 3.05) is 11.9 Å². The van der Waals surface area contributed by atoms with Crippen LogP contribution in [0, 0.1) is 5.82 Å². The monoisotopic (exact) mass is 375 g/mol. The van der Waals surface area contributed by atoms with Gasteiger partial charge in [0.15, 0.2) is 0 Å². The van der Waals surface area contributed by atoms with E-state index in [1.807, 2.05) is 0 Å². The van der Waals surface area contributed by atoms with Crippen LogP contribution in [0.3, 0.4) is 0 Å². The van der Waals surface area contributed by atoms with Crippen molar-refractivity contribution in [1.29, 1.82) is 0 Å². The zero-order chi connectivity index (χ0) is 19.0. The van der Waals surface area contributed by atoms with E-state index in [1.165, 1.54) is 24.3 Å². The van der Waals surface area contributed by atoms with Crippen molar-refractivity contribution in [1.82, 2.24) is 9.78 Å². The lowest BCUT2D eigenvalue weighted by Crippen LogP contribution is -2.08. The Balaban J connectivity index is 1.82. The van der Waals surface area contributed by atoms with E-state index in [-0.39, 0.29) is 5.82 Å². The average molecular weight is 375 g/mol. The summed E-state index contributed by atoms with van der Waals surface area (Å²) in [5, 5.41) is 7.99. The molecule has 0 saturated heterocycles. The summed E-state index contributed by atoms with van der Waals surface area (Å²) in [4.78, 5) is 0. The third kappa shape index (κ3) is 3.41. The van der Waals surface area contributed by atoms with E-state index < -0.39 is 11.7 Å². The van der Waals surface area contributed by atoms with E-state index >= 15 is 0 Å². The first-order chi connectivity index (χ1) is 12.9. The summed E-state index contributed by atoms with van der Waals surface area (Å²) in [6.45, 7) is 0.766. The Morgan fingerprint density at radius 1 is 0.926 bits per heavy atom. The summed E-state index contributed by atoms with van der Waals surface area (Å²) in [7, 11) is 0. The van der Waals surface area contributed by atoms with E-state index in [2.05, 4.69) is 10.4 Å². The van der Waals surface area contributed by atoms with Gasteiger partial charge in [-0.15, -0.1) is 0 Å². The van der Waals surface area contributed by atoms with Crippen LogP contribution in [0.2, 0.25) is 0 Å². The molecule has 0 spiro atoms. The number of hydrogen-bond acceptors (Lipinski definition) is 2. The van der Waals surface area contributed by atoms with Crippen molar-refractivity contribution in [3.8, 4) is 16.9 Å². The Hall–Kier alpha value is -2.83. The number of halogens is 4. The topological polar surface area (TPSA) is 29.9 Å². The highest BCUT2D eigenvalue weighted by molar-refractivity contribution is 5.71. The average Bonchev–Trinajstić information content (AvgIpc) is 2.83. The number of fused-ring (bicyclic) bond motifs is 1. The largest absolute Gasteiger partial charge is 0.416 e. The predicted octanol–water partition coefficient (Wildman–Crippen LogP) is 5.45. The van der Waals surface area contributed by atoms with Crippen LogP contribution in [0.1, 0.15) is 24.0 Å². The van der Waals surface area contributed by atoms with Gasteiger partial charge in [0.2, 0.25) is 0 Å². The van der Waals surface area contributed by atoms with Gasteiger partial charge in [-0.05, 0) is 67.8 Å². The minimum atomic E-state index is -4.38. The number of rotatable bonds is 2. The molecular formula is C20H17F4N3. The van der Waals surface area contributed by atoms with Gasteiger partial charge < -0.3 is 5.32 Å². The van der Waals surface area contributed by atoms with Crippen LogP contribution in [-0.2, 0) is 12.6 Å². The second-order valence-electron chi connectivity index (χ2n) is 6.52. The van der Waals surface area contributed by atoms with Crippen molar-refractivity contribution in [2.45, 2.75) is 25.4 Å². The zero-order valence-corrected chi connectivity index (χ0v) is 14.4. The number of nitrogens with zero attached hydrogens (tertiary/aromatic N) is 2. The molecule has 0 bridgehead atoms. The van der Waals surface area contributed by atoms with Crippen LogP contribution in [-0.4, -0.2) is 16.3 Å². The van der Waals surface area contributed by atoms with Gasteiger partial charge in [0.05, 0.1) is 16.9 Å². The molecule has 0 radical (unpaired) electrons. The van der Waals surface area contributed by atoms with E-state index in [0.29, 0.717) is 5.69 Å². The molecule has 0 fully saturated rings. The van der Waals surface area contributed by atoms with E-state index in [0.717, 1.165) is 60.6 Å².